The molecule has 0 aromatic carbocycles. The number of carbonyl (C=O) groups excluding carboxylic acids is 2. The van der Waals surface area contributed by atoms with Gasteiger partial charge in [-0.1, -0.05) is 0 Å². The van der Waals surface area contributed by atoms with E-state index < -0.39 is 36.1 Å². The zero-order valence-electron chi connectivity index (χ0n) is 21.8. The second kappa shape index (κ2) is 9.33. The van der Waals surface area contributed by atoms with Gasteiger partial charge in [0.2, 0.25) is 11.9 Å². The van der Waals surface area contributed by atoms with E-state index >= 15 is 0 Å². The highest BCUT2D eigenvalue weighted by Crippen LogP contribution is 2.36. The number of carbonyl (C=O) groups is 2. The van der Waals surface area contributed by atoms with Crippen molar-refractivity contribution in [2.45, 2.75) is 90.7 Å². The van der Waals surface area contributed by atoms with Gasteiger partial charge < -0.3 is 29.2 Å². The SMILES string of the molecule is CC(NC(=O)OC(C)(C)C)C(=O)N1CC[C@H](N(C)c2ncc(B3OC(C)(C)C(C)(C)O3)cn2)C1. The standard InChI is InChI=1S/C23H38BN5O5/c1-15(27-20(31)32-21(2,3)4)18(30)29-11-10-17(14-29)28(9)19-25-12-16(13-26-19)24-33-22(5,6)23(7,8)34-24/h12-13,15,17H,10-11,14H2,1-9H3,(H,27,31)/t15?,17-/m0/s1. The van der Waals surface area contributed by atoms with Crippen molar-refractivity contribution in [3.8, 4) is 0 Å². The summed E-state index contributed by atoms with van der Waals surface area (Å²) in [6.45, 7) is 16.2. The Morgan fingerprint density at radius 2 is 1.76 bits per heavy atom. The summed E-state index contributed by atoms with van der Waals surface area (Å²) in [5.74, 6) is 0.429. The predicted octanol–water partition coefficient (Wildman–Crippen LogP) is 1.73. The van der Waals surface area contributed by atoms with Crippen LogP contribution in [0.5, 0.6) is 0 Å². The van der Waals surface area contributed by atoms with E-state index in [2.05, 4.69) is 15.3 Å². The minimum atomic E-state index is -0.672. The second-order valence-corrected chi connectivity index (χ2v) is 11.1. The Morgan fingerprint density at radius 3 is 2.29 bits per heavy atom. The molecule has 34 heavy (non-hydrogen) atoms. The Kier molecular flexibility index (Phi) is 7.20. The molecule has 2 fully saturated rings. The molecule has 1 aromatic heterocycles. The van der Waals surface area contributed by atoms with Gasteiger partial charge in [-0.3, -0.25) is 4.79 Å². The summed E-state index contributed by atoms with van der Waals surface area (Å²) < 4.78 is 17.4. The van der Waals surface area contributed by atoms with Crippen LogP contribution in [0.1, 0.15) is 61.8 Å². The van der Waals surface area contributed by atoms with Crippen molar-refractivity contribution in [3.05, 3.63) is 12.4 Å². The number of rotatable bonds is 5. The molecule has 10 nitrogen and oxygen atoms in total. The van der Waals surface area contributed by atoms with Crippen molar-refractivity contribution < 1.29 is 23.6 Å². The van der Waals surface area contributed by atoms with E-state index in [9.17, 15) is 9.59 Å². The van der Waals surface area contributed by atoms with Gasteiger partial charge in [0.15, 0.2) is 0 Å². The molecule has 188 valence electrons. The molecule has 3 heterocycles. The minimum absolute atomic E-state index is 0.0698. The van der Waals surface area contributed by atoms with Gasteiger partial charge in [0.05, 0.1) is 17.2 Å². The van der Waals surface area contributed by atoms with Crippen LogP contribution >= 0.6 is 0 Å². The molecule has 11 heteroatoms. The van der Waals surface area contributed by atoms with Crippen molar-refractivity contribution >= 4 is 30.5 Å². The van der Waals surface area contributed by atoms with Gasteiger partial charge in [0, 0.05) is 38.0 Å². The lowest BCUT2D eigenvalue weighted by Gasteiger charge is -2.32. The molecule has 2 atom stereocenters. The minimum Gasteiger partial charge on any atom is -0.444 e. The molecule has 0 aliphatic carbocycles. The molecule has 2 saturated heterocycles. The molecule has 2 aliphatic heterocycles. The fourth-order valence-electron chi connectivity index (χ4n) is 3.86. The van der Waals surface area contributed by atoms with Crippen LogP contribution in [-0.4, -0.2) is 83.0 Å². The lowest BCUT2D eigenvalue weighted by Crippen LogP contribution is -2.48. The first-order chi connectivity index (χ1) is 15.6. The lowest BCUT2D eigenvalue weighted by molar-refractivity contribution is -0.132. The summed E-state index contributed by atoms with van der Waals surface area (Å²) in [7, 11) is 1.41. The summed E-state index contributed by atoms with van der Waals surface area (Å²) in [4.78, 5) is 37.6. The number of amides is 2. The molecular formula is C23H38BN5O5. The molecule has 1 unspecified atom stereocenters. The summed E-state index contributed by atoms with van der Waals surface area (Å²) in [6.07, 6.45) is 3.64. The van der Waals surface area contributed by atoms with Gasteiger partial charge in [0.1, 0.15) is 11.6 Å². The number of anilines is 1. The van der Waals surface area contributed by atoms with Crippen molar-refractivity contribution in [1.82, 2.24) is 20.2 Å². The maximum absolute atomic E-state index is 12.8. The molecule has 0 radical (unpaired) electrons. The van der Waals surface area contributed by atoms with Gasteiger partial charge in [-0.05, 0) is 61.8 Å². The Balaban J connectivity index is 1.56. The second-order valence-electron chi connectivity index (χ2n) is 11.1. The van der Waals surface area contributed by atoms with Crippen LogP contribution in [0, 0.1) is 0 Å². The van der Waals surface area contributed by atoms with Gasteiger partial charge >= 0.3 is 13.2 Å². The third-order valence-electron chi connectivity index (χ3n) is 6.63. The third kappa shape index (κ3) is 5.80. The van der Waals surface area contributed by atoms with E-state index in [4.69, 9.17) is 14.0 Å². The van der Waals surface area contributed by atoms with Crippen LogP contribution in [0.4, 0.5) is 10.7 Å². The number of aromatic nitrogens is 2. The van der Waals surface area contributed by atoms with E-state index in [1.54, 1.807) is 45.0 Å². The number of hydrogen-bond donors (Lipinski definition) is 1. The van der Waals surface area contributed by atoms with Gasteiger partial charge in [-0.25, -0.2) is 14.8 Å². The monoisotopic (exact) mass is 475 g/mol. The molecule has 0 saturated carbocycles. The quantitative estimate of drug-likeness (QED) is 0.642. The molecule has 0 bridgehead atoms. The Bertz CT molecular complexity index is 886. The highest BCUT2D eigenvalue weighted by atomic mass is 16.7. The largest absolute Gasteiger partial charge is 0.498 e. The van der Waals surface area contributed by atoms with E-state index in [1.165, 1.54) is 0 Å². The zero-order chi connectivity index (χ0) is 25.5. The predicted molar refractivity (Wildman–Crippen MR) is 130 cm³/mol. The maximum atomic E-state index is 12.8. The molecule has 1 N–H and O–H groups in total. The number of likely N-dealkylation sites (N-methyl/N-ethyl adjacent to an activating group) is 1. The van der Waals surface area contributed by atoms with Crippen LogP contribution in [0.3, 0.4) is 0 Å². The van der Waals surface area contributed by atoms with Crippen molar-refractivity contribution in [1.29, 1.82) is 0 Å². The first-order valence-corrected chi connectivity index (χ1v) is 11.8. The molecule has 1 aromatic rings. The fraction of sp³-hybridized carbons (Fsp3) is 0.739. The summed E-state index contributed by atoms with van der Waals surface area (Å²) in [6, 6.07) is -0.602. The summed E-state index contributed by atoms with van der Waals surface area (Å²) in [5.41, 5.74) is -0.710. The van der Waals surface area contributed by atoms with E-state index in [-0.39, 0.29) is 11.9 Å². The number of alkyl carbamates (subject to hydrolysis) is 1. The molecule has 2 aliphatic rings. The number of nitrogens with one attached hydrogen (secondary N) is 1. The smallest absolute Gasteiger partial charge is 0.444 e. The van der Waals surface area contributed by atoms with E-state index in [1.807, 2.05) is 39.6 Å². The number of ether oxygens (including phenoxy) is 1. The van der Waals surface area contributed by atoms with E-state index in [0.29, 0.717) is 19.0 Å². The van der Waals surface area contributed by atoms with Crippen LogP contribution in [0.25, 0.3) is 0 Å². The lowest BCUT2D eigenvalue weighted by atomic mass is 9.81. The van der Waals surface area contributed by atoms with Crippen molar-refractivity contribution in [2.24, 2.45) is 0 Å². The molecule has 0 spiro atoms. The van der Waals surface area contributed by atoms with Gasteiger partial charge in [0.25, 0.3) is 0 Å². The molecule has 3 rings (SSSR count). The highest BCUT2D eigenvalue weighted by Gasteiger charge is 2.52. The van der Waals surface area contributed by atoms with Gasteiger partial charge in [-0.15, -0.1) is 0 Å². The van der Waals surface area contributed by atoms with Crippen LogP contribution < -0.4 is 15.7 Å². The number of likely N-dealkylation sites (tertiary alicyclic amines) is 1. The number of hydrogen-bond acceptors (Lipinski definition) is 8. The Morgan fingerprint density at radius 1 is 1.21 bits per heavy atom. The number of nitrogens with zero attached hydrogens (tertiary/aromatic N) is 4. The Labute approximate surface area is 202 Å². The summed E-state index contributed by atoms with van der Waals surface area (Å²) >= 11 is 0. The third-order valence-corrected chi connectivity index (χ3v) is 6.63. The van der Waals surface area contributed by atoms with Crippen LogP contribution in [-0.2, 0) is 18.8 Å². The van der Waals surface area contributed by atoms with Crippen LogP contribution in [0.2, 0.25) is 0 Å². The maximum Gasteiger partial charge on any atom is 0.498 e. The first-order valence-electron chi connectivity index (χ1n) is 11.8. The highest BCUT2D eigenvalue weighted by molar-refractivity contribution is 6.61. The average molecular weight is 475 g/mol. The topological polar surface area (TPSA) is 106 Å². The molecular weight excluding hydrogens is 437 g/mol. The average Bonchev–Trinajstić information content (AvgIpc) is 3.28. The normalized spacial score (nSPS) is 22.4. The van der Waals surface area contributed by atoms with Crippen molar-refractivity contribution in [2.75, 3.05) is 25.0 Å². The van der Waals surface area contributed by atoms with Crippen LogP contribution in [0.15, 0.2) is 12.4 Å². The van der Waals surface area contributed by atoms with Gasteiger partial charge in [-0.2, -0.15) is 0 Å². The van der Waals surface area contributed by atoms with Crippen molar-refractivity contribution in [3.63, 3.8) is 0 Å². The molecule has 2 amide bonds. The fourth-order valence-corrected chi connectivity index (χ4v) is 3.86. The Hall–Kier alpha value is -2.40. The van der Waals surface area contributed by atoms with E-state index in [0.717, 1.165) is 11.9 Å². The zero-order valence-corrected chi connectivity index (χ0v) is 21.8. The first kappa shape index (κ1) is 26.2. The summed E-state index contributed by atoms with van der Waals surface area (Å²) in [5, 5.41) is 2.62.